The van der Waals surface area contributed by atoms with Crippen molar-refractivity contribution in [3.05, 3.63) is 53.9 Å². The molecule has 1 aliphatic heterocycles. The number of carbonyl (C=O) groups excluding carboxylic acids is 1. The van der Waals surface area contributed by atoms with Crippen molar-refractivity contribution in [2.75, 3.05) is 20.1 Å². The third kappa shape index (κ3) is 4.82. The maximum atomic E-state index is 12.6. The van der Waals surface area contributed by atoms with E-state index in [4.69, 9.17) is 5.11 Å². The fraction of sp³-hybridized carbons (Fsp3) is 0.417. The zero-order valence-corrected chi connectivity index (χ0v) is 17.8. The van der Waals surface area contributed by atoms with Gasteiger partial charge in [0.2, 0.25) is 5.91 Å². The number of aliphatic carboxylic acids is 1. The molecular formula is C24H28N4O3. The molecule has 1 aromatic carbocycles. The van der Waals surface area contributed by atoms with E-state index >= 15 is 0 Å². The van der Waals surface area contributed by atoms with Crippen molar-refractivity contribution in [2.45, 2.75) is 38.1 Å². The number of benzene rings is 1. The molecule has 0 saturated carbocycles. The number of amides is 1. The molecule has 31 heavy (non-hydrogen) atoms. The molecule has 7 nitrogen and oxygen atoms in total. The van der Waals surface area contributed by atoms with E-state index in [9.17, 15) is 9.59 Å². The number of carboxylic acid groups (broad SMARTS) is 1. The number of carboxylic acids is 1. The number of nitrogens with one attached hydrogen (secondary N) is 1. The minimum Gasteiger partial charge on any atom is -0.481 e. The van der Waals surface area contributed by atoms with E-state index in [2.05, 4.69) is 21.4 Å². The molecule has 2 N–H and O–H groups in total. The van der Waals surface area contributed by atoms with E-state index in [0.29, 0.717) is 12.2 Å². The average Bonchev–Trinajstić information content (AvgIpc) is 2.77. The summed E-state index contributed by atoms with van der Waals surface area (Å²) in [6.45, 7) is 0.574. The Morgan fingerprint density at radius 2 is 1.84 bits per heavy atom. The van der Waals surface area contributed by atoms with E-state index in [0.717, 1.165) is 29.5 Å². The van der Waals surface area contributed by atoms with E-state index in [1.807, 2.05) is 36.7 Å². The van der Waals surface area contributed by atoms with Gasteiger partial charge in [0.15, 0.2) is 5.82 Å². The van der Waals surface area contributed by atoms with Crippen molar-refractivity contribution >= 4 is 17.4 Å². The Bertz CT molecular complexity index is 963. The second-order valence-electron chi connectivity index (χ2n) is 8.29. The third-order valence-electron chi connectivity index (χ3n) is 6.15. The zero-order chi connectivity index (χ0) is 21.8. The lowest BCUT2D eigenvalue weighted by Gasteiger charge is -2.38. The van der Waals surface area contributed by atoms with Crippen molar-refractivity contribution in [1.82, 2.24) is 20.2 Å². The van der Waals surface area contributed by atoms with Crippen molar-refractivity contribution < 1.29 is 14.7 Å². The predicted octanol–water partition coefficient (Wildman–Crippen LogP) is 2.77. The monoisotopic (exact) mass is 420 g/mol. The molecule has 4 rings (SSSR count). The number of aromatic nitrogens is 2. The normalized spacial score (nSPS) is 17.6. The highest BCUT2D eigenvalue weighted by molar-refractivity contribution is 5.85. The number of likely N-dealkylation sites (N-methyl/N-ethyl adjacent to an activating group) is 1. The molecule has 1 saturated heterocycles. The van der Waals surface area contributed by atoms with Crippen LogP contribution in [0.15, 0.2) is 42.7 Å². The number of likely N-dealkylation sites (tertiary alicyclic amines) is 1. The molecular weight excluding hydrogens is 392 g/mol. The summed E-state index contributed by atoms with van der Waals surface area (Å²) in [7, 11) is 1.75. The van der Waals surface area contributed by atoms with Gasteiger partial charge >= 0.3 is 5.97 Å². The van der Waals surface area contributed by atoms with Gasteiger partial charge in [-0.25, -0.2) is 9.97 Å². The molecule has 1 amide bonds. The highest BCUT2D eigenvalue weighted by Gasteiger charge is 2.37. The van der Waals surface area contributed by atoms with Gasteiger partial charge in [-0.3, -0.25) is 9.59 Å². The summed E-state index contributed by atoms with van der Waals surface area (Å²) in [5.74, 6) is -0.652. The third-order valence-corrected chi connectivity index (χ3v) is 6.15. The van der Waals surface area contributed by atoms with Crippen molar-refractivity contribution in [2.24, 2.45) is 5.92 Å². The minimum absolute atomic E-state index is 0.0555. The summed E-state index contributed by atoms with van der Waals surface area (Å²) in [5.41, 5.74) is 4.41. The number of carbonyl (C=O) groups is 2. The smallest absolute Gasteiger partial charge is 0.310 e. The maximum absolute atomic E-state index is 12.6. The summed E-state index contributed by atoms with van der Waals surface area (Å²) in [6.07, 6.45) is 11.3. The van der Waals surface area contributed by atoms with Gasteiger partial charge in [-0.2, -0.15) is 0 Å². The quantitative estimate of drug-likeness (QED) is 0.715. The minimum atomic E-state index is -0.841. The van der Waals surface area contributed by atoms with Gasteiger partial charge in [0.25, 0.3) is 0 Å². The van der Waals surface area contributed by atoms with Gasteiger partial charge in [0.05, 0.1) is 12.0 Å². The van der Waals surface area contributed by atoms with Crippen LogP contribution in [-0.4, -0.2) is 58.0 Å². The van der Waals surface area contributed by atoms with Crippen molar-refractivity contribution in [3.63, 3.8) is 0 Å². The van der Waals surface area contributed by atoms with Crippen molar-refractivity contribution in [1.29, 1.82) is 0 Å². The average molecular weight is 421 g/mol. The lowest BCUT2D eigenvalue weighted by Crippen LogP contribution is -2.58. The summed E-state index contributed by atoms with van der Waals surface area (Å²) in [4.78, 5) is 34.3. The molecule has 1 fully saturated rings. The fourth-order valence-electron chi connectivity index (χ4n) is 4.12. The first-order valence-corrected chi connectivity index (χ1v) is 10.8. The van der Waals surface area contributed by atoms with Crippen LogP contribution in [0.5, 0.6) is 0 Å². The molecule has 7 heteroatoms. The second kappa shape index (κ2) is 9.39. The molecule has 0 radical (unpaired) electrons. The Morgan fingerprint density at radius 3 is 2.42 bits per heavy atom. The second-order valence-corrected chi connectivity index (χ2v) is 8.29. The zero-order valence-electron chi connectivity index (χ0n) is 17.8. The molecule has 2 aromatic rings. The van der Waals surface area contributed by atoms with Gasteiger partial charge in [-0.05, 0) is 50.3 Å². The summed E-state index contributed by atoms with van der Waals surface area (Å²) >= 11 is 0. The van der Waals surface area contributed by atoms with Crippen LogP contribution >= 0.6 is 0 Å². The number of hydrogen-bond acceptors (Lipinski definition) is 5. The summed E-state index contributed by atoms with van der Waals surface area (Å²) in [5, 5.41) is 12.1. The Labute approximate surface area is 182 Å². The number of nitrogens with zero attached hydrogens (tertiary/aromatic N) is 3. The summed E-state index contributed by atoms with van der Waals surface area (Å²) < 4.78 is 0. The number of allylic oxidation sites excluding steroid dienone is 2. The molecule has 1 aromatic heterocycles. The molecule has 0 spiro atoms. The maximum Gasteiger partial charge on any atom is 0.310 e. The van der Waals surface area contributed by atoms with Gasteiger partial charge < -0.3 is 15.3 Å². The Kier molecular flexibility index (Phi) is 6.42. The fourth-order valence-corrected chi connectivity index (χ4v) is 4.12. The molecule has 2 heterocycles. The number of rotatable bonds is 7. The predicted molar refractivity (Wildman–Crippen MR) is 118 cm³/mol. The first-order chi connectivity index (χ1) is 15.0. The first kappa shape index (κ1) is 21.2. The molecule has 162 valence electrons. The SMILES string of the molecule is CNC(Cc1ccc(-c2ncc(C3=CCCCC3)cn2)cc1)C(=O)N1CC(C(=O)O)C1. The Hall–Kier alpha value is -3.06. The van der Waals surface area contributed by atoms with Crippen molar-refractivity contribution in [3.8, 4) is 11.4 Å². The number of hydrogen-bond donors (Lipinski definition) is 2. The van der Waals surface area contributed by atoms with E-state index < -0.39 is 11.9 Å². The lowest BCUT2D eigenvalue weighted by atomic mass is 9.95. The highest BCUT2D eigenvalue weighted by atomic mass is 16.4. The van der Waals surface area contributed by atoms with Crippen LogP contribution in [0.3, 0.4) is 0 Å². The van der Waals surface area contributed by atoms with E-state index in [1.165, 1.54) is 18.4 Å². The lowest BCUT2D eigenvalue weighted by molar-refractivity contribution is -0.153. The molecule has 1 aliphatic carbocycles. The van der Waals surface area contributed by atoms with Gasteiger partial charge in [-0.1, -0.05) is 30.3 Å². The topological polar surface area (TPSA) is 95.4 Å². The Morgan fingerprint density at radius 1 is 1.13 bits per heavy atom. The van der Waals surface area contributed by atoms with Crippen LogP contribution in [0.1, 0.15) is 36.8 Å². The van der Waals surface area contributed by atoms with Crippen LogP contribution in [0.4, 0.5) is 0 Å². The van der Waals surface area contributed by atoms with Gasteiger partial charge in [0.1, 0.15) is 0 Å². The van der Waals surface area contributed by atoms with E-state index in [-0.39, 0.29) is 25.0 Å². The van der Waals surface area contributed by atoms with Gasteiger partial charge in [-0.15, -0.1) is 0 Å². The van der Waals surface area contributed by atoms with Crippen LogP contribution in [0.2, 0.25) is 0 Å². The first-order valence-electron chi connectivity index (χ1n) is 10.8. The largest absolute Gasteiger partial charge is 0.481 e. The molecule has 0 bridgehead atoms. The highest BCUT2D eigenvalue weighted by Crippen LogP contribution is 2.26. The molecule has 1 atom stereocenters. The van der Waals surface area contributed by atoms with E-state index in [1.54, 1.807) is 11.9 Å². The molecule has 2 aliphatic rings. The van der Waals surface area contributed by atoms with Crippen LogP contribution in [0.25, 0.3) is 17.0 Å². The standard InChI is InChI=1S/C24H28N4O3/c1-25-21(23(29)28-14-20(15-28)24(30)31)11-16-7-9-18(10-8-16)22-26-12-19(13-27-22)17-5-3-2-4-6-17/h5,7-10,12-13,20-21,25H,2-4,6,11,14-15H2,1H3,(H,30,31). The van der Waals surface area contributed by atoms with Crippen LogP contribution in [0, 0.1) is 5.92 Å². The molecule has 1 unspecified atom stereocenters. The van der Waals surface area contributed by atoms with Crippen LogP contribution < -0.4 is 5.32 Å². The summed E-state index contributed by atoms with van der Waals surface area (Å²) in [6, 6.07) is 7.56. The van der Waals surface area contributed by atoms with Crippen LogP contribution in [-0.2, 0) is 16.0 Å². The Balaban J connectivity index is 1.38. The van der Waals surface area contributed by atoms with Gasteiger partial charge in [0, 0.05) is 36.6 Å².